The molecule has 0 N–H and O–H groups in total. The van der Waals surface area contributed by atoms with E-state index in [1.807, 2.05) is 0 Å². The summed E-state index contributed by atoms with van der Waals surface area (Å²) in [5.74, 6) is 1.18. The Balaban J connectivity index is 1.57. The molecule has 0 aliphatic carbocycles. The zero-order valence-electron chi connectivity index (χ0n) is 17.1. The Labute approximate surface area is 161 Å². The van der Waals surface area contributed by atoms with Gasteiger partial charge in [0.25, 0.3) is 0 Å². The Morgan fingerprint density at radius 1 is 0.769 bits per heavy atom. The lowest BCUT2D eigenvalue weighted by atomic mass is 10.1. The molecule has 0 saturated carbocycles. The Bertz CT molecular complexity index is 586. The van der Waals surface area contributed by atoms with Crippen LogP contribution in [0.5, 0.6) is 0 Å². The highest BCUT2D eigenvalue weighted by Gasteiger charge is 2.04. The fourth-order valence-corrected chi connectivity index (χ4v) is 3.63. The molecule has 0 aliphatic heterocycles. The first-order valence-corrected chi connectivity index (χ1v) is 10.9. The van der Waals surface area contributed by atoms with Crippen LogP contribution in [-0.2, 0) is 19.4 Å². The molecule has 0 spiro atoms. The molecule has 0 unspecified atom stereocenters. The van der Waals surface area contributed by atoms with Crippen molar-refractivity contribution < 1.29 is 0 Å². The van der Waals surface area contributed by atoms with E-state index < -0.39 is 0 Å². The van der Waals surface area contributed by atoms with E-state index in [0.29, 0.717) is 0 Å². The normalized spacial score (nSPS) is 11.2. The molecule has 1 heterocycles. The average Bonchev–Trinajstić information content (AvgIpc) is 3.01. The number of rotatable bonds is 14. The number of unbranched alkanes of at least 4 members (excludes halogenated alkanes) is 8. The van der Waals surface area contributed by atoms with Gasteiger partial charge in [-0.05, 0) is 38.2 Å². The van der Waals surface area contributed by atoms with Crippen molar-refractivity contribution in [3.8, 4) is 0 Å². The summed E-state index contributed by atoms with van der Waals surface area (Å²) in [6, 6.07) is 10.8. The summed E-state index contributed by atoms with van der Waals surface area (Å²) >= 11 is 0. The number of imidazole rings is 1. The van der Waals surface area contributed by atoms with E-state index in [1.54, 1.807) is 0 Å². The fraction of sp³-hybridized carbons (Fsp3) is 0.625. The topological polar surface area (TPSA) is 17.8 Å². The van der Waals surface area contributed by atoms with Gasteiger partial charge in [0.05, 0.1) is 5.69 Å². The molecule has 2 aromatic rings. The third-order valence-electron chi connectivity index (χ3n) is 5.27. The highest BCUT2D eigenvalue weighted by molar-refractivity contribution is 5.15. The zero-order chi connectivity index (χ0) is 18.5. The van der Waals surface area contributed by atoms with Gasteiger partial charge in [-0.2, -0.15) is 0 Å². The van der Waals surface area contributed by atoms with Crippen molar-refractivity contribution in [2.45, 2.75) is 97.4 Å². The van der Waals surface area contributed by atoms with Crippen LogP contribution in [0.15, 0.2) is 36.5 Å². The van der Waals surface area contributed by atoms with Crippen LogP contribution >= 0.6 is 0 Å². The van der Waals surface area contributed by atoms with Crippen LogP contribution in [0.25, 0.3) is 0 Å². The Morgan fingerprint density at radius 3 is 2.12 bits per heavy atom. The molecule has 0 atom stereocenters. The van der Waals surface area contributed by atoms with Gasteiger partial charge in [-0.25, -0.2) is 4.98 Å². The van der Waals surface area contributed by atoms with Gasteiger partial charge in [0.15, 0.2) is 0 Å². The molecule has 2 nitrogen and oxygen atoms in total. The van der Waals surface area contributed by atoms with E-state index in [9.17, 15) is 0 Å². The average molecular weight is 355 g/mol. The second-order valence-corrected chi connectivity index (χ2v) is 7.64. The first-order chi connectivity index (χ1) is 12.8. The van der Waals surface area contributed by atoms with E-state index in [1.165, 1.54) is 81.3 Å². The molecule has 0 saturated heterocycles. The van der Waals surface area contributed by atoms with Crippen molar-refractivity contribution in [2.24, 2.45) is 0 Å². The third-order valence-corrected chi connectivity index (χ3v) is 5.27. The Morgan fingerprint density at radius 2 is 1.42 bits per heavy atom. The second kappa shape index (κ2) is 12.7. The summed E-state index contributed by atoms with van der Waals surface area (Å²) in [7, 11) is 0. The molecule has 1 aromatic carbocycles. The van der Waals surface area contributed by atoms with Crippen molar-refractivity contribution >= 4 is 0 Å². The maximum Gasteiger partial charge on any atom is 0.105 e. The largest absolute Gasteiger partial charge is 0.335 e. The van der Waals surface area contributed by atoms with E-state index in [-0.39, 0.29) is 0 Å². The van der Waals surface area contributed by atoms with Gasteiger partial charge in [-0.1, -0.05) is 88.6 Å². The molecular weight excluding hydrogens is 316 g/mol. The quantitative estimate of drug-likeness (QED) is 0.337. The minimum absolute atomic E-state index is 1.08. The molecule has 0 aliphatic rings. The lowest BCUT2D eigenvalue weighted by Gasteiger charge is -2.05. The van der Waals surface area contributed by atoms with Gasteiger partial charge >= 0.3 is 0 Å². The highest BCUT2D eigenvalue weighted by Crippen LogP contribution is 2.12. The summed E-state index contributed by atoms with van der Waals surface area (Å²) in [6.45, 7) is 5.56. The molecule has 2 rings (SSSR count). The van der Waals surface area contributed by atoms with Crippen LogP contribution in [0.3, 0.4) is 0 Å². The van der Waals surface area contributed by atoms with Gasteiger partial charge < -0.3 is 4.57 Å². The number of nitrogens with zero attached hydrogens (tertiary/aromatic N) is 2. The molecule has 0 fully saturated rings. The van der Waals surface area contributed by atoms with Gasteiger partial charge in [0.1, 0.15) is 5.82 Å². The van der Waals surface area contributed by atoms with Crippen molar-refractivity contribution in [2.75, 3.05) is 0 Å². The molecular formula is C24H38N2. The fourth-order valence-electron chi connectivity index (χ4n) is 3.63. The maximum absolute atomic E-state index is 4.76. The molecule has 0 radical (unpaired) electrons. The Kier molecular flexibility index (Phi) is 10.2. The number of hydrogen-bond donors (Lipinski definition) is 0. The number of benzene rings is 1. The number of hydrogen-bond acceptors (Lipinski definition) is 1. The predicted octanol–water partition coefficient (Wildman–Crippen LogP) is 6.90. The molecule has 0 amide bonds. The van der Waals surface area contributed by atoms with Crippen LogP contribution in [0.1, 0.15) is 88.2 Å². The van der Waals surface area contributed by atoms with Crippen LogP contribution in [0.2, 0.25) is 0 Å². The minimum Gasteiger partial charge on any atom is -0.335 e. The van der Waals surface area contributed by atoms with Gasteiger partial charge in [-0.3, -0.25) is 0 Å². The van der Waals surface area contributed by atoms with Crippen molar-refractivity contribution in [1.29, 1.82) is 0 Å². The first kappa shape index (κ1) is 20.7. The predicted molar refractivity (Wildman–Crippen MR) is 113 cm³/mol. The van der Waals surface area contributed by atoms with E-state index in [2.05, 4.69) is 54.9 Å². The summed E-state index contributed by atoms with van der Waals surface area (Å²) in [5.41, 5.74) is 2.69. The summed E-state index contributed by atoms with van der Waals surface area (Å²) in [4.78, 5) is 4.76. The summed E-state index contributed by atoms with van der Waals surface area (Å²) < 4.78 is 2.36. The van der Waals surface area contributed by atoms with Gasteiger partial charge in [0, 0.05) is 12.7 Å². The standard InChI is InChI=1S/C24H38N2/c1-3-4-5-6-7-8-9-10-14-20-26-21-24(25-22(26)2)19-15-18-23-16-12-11-13-17-23/h11-13,16-17,21H,3-10,14-15,18-20H2,1-2H3. The van der Waals surface area contributed by atoms with E-state index >= 15 is 0 Å². The molecule has 26 heavy (non-hydrogen) atoms. The number of aryl methyl sites for hydroxylation is 4. The van der Waals surface area contributed by atoms with E-state index in [4.69, 9.17) is 4.98 Å². The van der Waals surface area contributed by atoms with Crippen molar-refractivity contribution in [1.82, 2.24) is 9.55 Å². The third kappa shape index (κ3) is 8.21. The van der Waals surface area contributed by atoms with Crippen molar-refractivity contribution in [3.05, 3.63) is 53.6 Å². The SMILES string of the molecule is CCCCCCCCCCCn1cc(CCCc2ccccc2)nc1C. The summed E-state index contributed by atoms with van der Waals surface area (Å²) in [6.07, 6.45) is 18.2. The molecule has 0 bridgehead atoms. The lowest BCUT2D eigenvalue weighted by molar-refractivity contribution is 0.534. The maximum atomic E-state index is 4.76. The lowest BCUT2D eigenvalue weighted by Crippen LogP contribution is -1.99. The van der Waals surface area contributed by atoms with Gasteiger partial charge in [0.2, 0.25) is 0 Å². The summed E-state index contributed by atoms with van der Waals surface area (Å²) in [5, 5.41) is 0. The van der Waals surface area contributed by atoms with Crippen LogP contribution in [-0.4, -0.2) is 9.55 Å². The molecule has 2 heteroatoms. The Hall–Kier alpha value is -1.57. The molecule has 144 valence electrons. The van der Waals surface area contributed by atoms with Crippen LogP contribution in [0, 0.1) is 6.92 Å². The van der Waals surface area contributed by atoms with Crippen LogP contribution < -0.4 is 0 Å². The monoisotopic (exact) mass is 354 g/mol. The highest BCUT2D eigenvalue weighted by atomic mass is 15.1. The van der Waals surface area contributed by atoms with Crippen LogP contribution in [0.4, 0.5) is 0 Å². The second-order valence-electron chi connectivity index (χ2n) is 7.64. The number of aromatic nitrogens is 2. The van der Waals surface area contributed by atoms with E-state index in [0.717, 1.165) is 19.4 Å². The van der Waals surface area contributed by atoms with Gasteiger partial charge in [-0.15, -0.1) is 0 Å². The molecule has 1 aromatic heterocycles. The van der Waals surface area contributed by atoms with Crippen molar-refractivity contribution in [3.63, 3.8) is 0 Å². The first-order valence-electron chi connectivity index (χ1n) is 10.9. The smallest absolute Gasteiger partial charge is 0.105 e. The minimum atomic E-state index is 1.08. The zero-order valence-corrected chi connectivity index (χ0v) is 17.1.